The molecule has 6 heteroatoms. The van der Waals surface area contributed by atoms with Crippen LogP contribution >= 0.6 is 0 Å². The number of nitrogens with zero attached hydrogens (tertiary/aromatic N) is 2. The maximum atomic E-state index is 12.2. The van der Waals surface area contributed by atoms with Crippen LogP contribution in [-0.2, 0) is 6.42 Å². The van der Waals surface area contributed by atoms with E-state index in [1.807, 2.05) is 44.2 Å². The normalized spacial score (nSPS) is 10.6. The van der Waals surface area contributed by atoms with Crippen molar-refractivity contribution in [3.05, 3.63) is 53.3 Å². The Labute approximate surface area is 127 Å². The van der Waals surface area contributed by atoms with Gasteiger partial charge in [-0.15, -0.1) is 0 Å². The number of rotatable bonds is 4. The second-order valence-corrected chi connectivity index (χ2v) is 4.83. The topological polar surface area (TPSA) is 81.2 Å². The van der Waals surface area contributed by atoms with Crippen LogP contribution in [0, 0.1) is 6.92 Å². The van der Waals surface area contributed by atoms with Gasteiger partial charge in [-0.1, -0.05) is 47.6 Å². The lowest BCUT2D eigenvalue weighted by atomic mass is 10.1. The minimum absolute atomic E-state index is 0.188. The minimum Gasteiger partial charge on any atom is -0.355 e. The van der Waals surface area contributed by atoms with E-state index in [2.05, 4.69) is 15.6 Å². The Morgan fingerprint density at radius 3 is 2.64 bits per heavy atom. The van der Waals surface area contributed by atoms with E-state index in [1.165, 1.54) is 0 Å². The molecule has 0 saturated heterocycles. The fraction of sp³-hybridized carbons (Fsp3) is 0.188. The van der Waals surface area contributed by atoms with Crippen molar-refractivity contribution in [2.24, 2.45) is 0 Å². The van der Waals surface area contributed by atoms with E-state index in [4.69, 9.17) is 9.05 Å². The first-order chi connectivity index (χ1) is 10.7. The van der Waals surface area contributed by atoms with Gasteiger partial charge in [0.1, 0.15) is 0 Å². The highest BCUT2D eigenvalue weighted by molar-refractivity contribution is 6.02. The van der Waals surface area contributed by atoms with Crippen molar-refractivity contribution in [3.8, 4) is 11.3 Å². The molecule has 0 spiro atoms. The van der Waals surface area contributed by atoms with Gasteiger partial charge < -0.3 is 9.05 Å². The first-order valence-electron chi connectivity index (χ1n) is 6.97. The Hall–Kier alpha value is -2.89. The lowest BCUT2D eigenvalue weighted by molar-refractivity contribution is 0.101. The number of hydrogen-bond donors (Lipinski definition) is 1. The lowest BCUT2D eigenvalue weighted by Gasteiger charge is -1.98. The molecule has 0 fully saturated rings. The van der Waals surface area contributed by atoms with Gasteiger partial charge in [0.25, 0.3) is 5.91 Å². The largest absolute Gasteiger partial charge is 0.355 e. The summed E-state index contributed by atoms with van der Waals surface area (Å²) in [7, 11) is 0. The molecule has 0 aliphatic heterocycles. The molecule has 1 N–H and O–H groups in total. The molecule has 22 heavy (non-hydrogen) atoms. The van der Waals surface area contributed by atoms with Crippen molar-refractivity contribution in [1.82, 2.24) is 10.3 Å². The highest BCUT2D eigenvalue weighted by Gasteiger charge is 2.18. The summed E-state index contributed by atoms with van der Waals surface area (Å²) >= 11 is 0. The monoisotopic (exact) mass is 297 g/mol. The molecule has 3 aromatic rings. The van der Waals surface area contributed by atoms with E-state index >= 15 is 0 Å². The first kappa shape index (κ1) is 14.1. The van der Waals surface area contributed by atoms with Crippen molar-refractivity contribution in [3.63, 3.8) is 0 Å². The van der Waals surface area contributed by atoms with Crippen molar-refractivity contribution in [2.75, 3.05) is 5.32 Å². The second kappa shape index (κ2) is 5.85. The summed E-state index contributed by atoms with van der Waals surface area (Å²) in [5.74, 6) is 0.480. The van der Waals surface area contributed by atoms with E-state index in [-0.39, 0.29) is 5.69 Å². The zero-order valence-corrected chi connectivity index (χ0v) is 12.3. The number of benzene rings is 1. The second-order valence-electron chi connectivity index (χ2n) is 4.83. The molecule has 0 radical (unpaired) electrons. The lowest BCUT2D eigenvalue weighted by Crippen LogP contribution is -2.12. The van der Waals surface area contributed by atoms with Crippen LogP contribution in [0.3, 0.4) is 0 Å². The smallest absolute Gasteiger partial charge is 0.280 e. The number of hydrogen-bond acceptors (Lipinski definition) is 5. The van der Waals surface area contributed by atoms with Crippen LogP contribution in [0.1, 0.15) is 28.7 Å². The van der Waals surface area contributed by atoms with E-state index in [0.717, 1.165) is 23.2 Å². The number of aromatic nitrogens is 2. The molecule has 2 heterocycles. The molecular formula is C16H15N3O3. The van der Waals surface area contributed by atoms with Gasteiger partial charge in [-0.3, -0.25) is 10.1 Å². The van der Waals surface area contributed by atoms with Crippen LogP contribution < -0.4 is 5.32 Å². The number of carbonyl (C=O) groups excluding carboxylic acids is 1. The van der Waals surface area contributed by atoms with Gasteiger partial charge in [0.2, 0.25) is 5.88 Å². The third-order valence-electron chi connectivity index (χ3n) is 3.38. The molecule has 0 atom stereocenters. The number of anilines is 1. The van der Waals surface area contributed by atoms with Gasteiger partial charge in [-0.25, -0.2) is 0 Å². The third-order valence-corrected chi connectivity index (χ3v) is 3.38. The quantitative estimate of drug-likeness (QED) is 0.797. The molecule has 1 aromatic carbocycles. The van der Waals surface area contributed by atoms with Crippen molar-refractivity contribution >= 4 is 11.8 Å². The predicted octanol–water partition coefficient (Wildman–Crippen LogP) is 3.45. The third kappa shape index (κ3) is 2.63. The average Bonchev–Trinajstić information content (AvgIpc) is 3.16. The average molecular weight is 297 g/mol. The Morgan fingerprint density at radius 2 is 1.95 bits per heavy atom. The van der Waals surface area contributed by atoms with Crippen LogP contribution in [-0.4, -0.2) is 16.2 Å². The molecular weight excluding hydrogens is 282 g/mol. The van der Waals surface area contributed by atoms with Crippen LogP contribution in [0.5, 0.6) is 0 Å². The standard InChI is InChI=1S/C16H15N3O3/c1-3-12-10(2)16(22-18-12)17-15(20)13-9-14(21-19-13)11-7-5-4-6-8-11/h4-9H,3H2,1-2H3,(H,17,20). The van der Waals surface area contributed by atoms with Crippen molar-refractivity contribution < 1.29 is 13.8 Å². The van der Waals surface area contributed by atoms with Crippen LogP contribution in [0.15, 0.2) is 45.4 Å². The van der Waals surface area contributed by atoms with Crippen LogP contribution in [0.25, 0.3) is 11.3 Å². The molecule has 0 aliphatic rings. The Balaban J connectivity index is 1.78. The summed E-state index contributed by atoms with van der Waals surface area (Å²) in [4.78, 5) is 12.2. The number of amides is 1. The Morgan fingerprint density at radius 1 is 1.18 bits per heavy atom. The van der Waals surface area contributed by atoms with E-state index in [9.17, 15) is 4.79 Å². The molecule has 0 bridgehead atoms. The van der Waals surface area contributed by atoms with Gasteiger partial charge in [0.05, 0.1) is 5.69 Å². The maximum absolute atomic E-state index is 12.2. The zero-order chi connectivity index (χ0) is 15.5. The van der Waals surface area contributed by atoms with E-state index < -0.39 is 5.91 Å². The summed E-state index contributed by atoms with van der Waals surface area (Å²) in [6.45, 7) is 3.82. The minimum atomic E-state index is -0.396. The summed E-state index contributed by atoms with van der Waals surface area (Å²) < 4.78 is 10.3. The van der Waals surface area contributed by atoms with Gasteiger partial charge in [0.15, 0.2) is 11.5 Å². The van der Waals surface area contributed by atoms with Crippen LogP contribution in [0.2, 0.25) is 0 Å². The molecule has 0 unspecified atom stereocenters. The summed E-state index contributed by atoms with van der Waals surface area (Å²) in [6.07, 6.45) is 0.743. The summed E-state index contributed by atoms with van der Waals surface area (Å²) in [5.41, 5.74) is 2.69. The number of carbonyl (C=O) groups is 1. The molecule has 112 valence electrons. The van der Waals surface area contributed by atoms with Crippen molar-refractivity contribution in [1.29, 1.82) is 0 Å². The predicted molar refractivity (Wildman–Crippen MR) is 80.5 cm³/mol. The highest BCUT2D eigenvalue weighted by Crippen LogP contribution is 2.22. The maximum Gasteiger partial charge on any atom is 0.280 e. The molecule has 2 aromatic heterocycles. The molecule has 0 aliphatic carbocycles. The molecule has 3 rings (SSSR count). The fourth-order valence-electron chi connectivity index (χ4n) is 2.10. The molecule has 6 nitrogen and oxygen atoms in total. The van der Waals surface area contributed by atoms with Gasteiger partial charge in [-0.05, 0) is 13.3 Å². The summed E-state index contributed by atoms with van der Waals surface area (Å²) in [5, 5.41) is 10.4. The molecule has 1 amide bonds. The van der Waals surface area contributed by atoms with E-state index in [0.29, 0.717) is 11.6 Å². The Kier molecular flexibility index (Phi) is 3.74. The highest BCUT2D eigenvalue weighted by atomic mass is 16.5. The van der Waals surface area contributed by atoms with E-state index in [1.54, 1.807) is 6.07 Å². The van der Waals surface area contributed by atoms with Gasteiger partial charge >= 0.3 is 0 Å². The van der Waals surface area contributed by atoms with Gasteiger partial charge in [0, 0.05) is 17.2 Å². The molecule has 0 saturated carbocycles. The number of aryl methyl sites for hydroxylation is 1. The first-order valence-corrected chi connectivity index (χ1v) is 6.97. The van der Waals surface area contributed by atoms with Crippen LogP contribution in [0.4, 0.5) is 5.88 Å². The number of nitrogens with one attached hydrogen (secondary N) is 1. The SMILES string of the molecule is CCc1noc(NC(=O)c2cc(-c3ccccc3)on2)c1C. The summed E-state index contributed by atoms with van der Waals surface area (Å²) in [6, 6.07) is 11.1. The van der Waals surface area contributed by atoms with Crippen molar-refractivity contribution in [2.45, 2.75) is 20.3 Å². The fourth-order valence-corrected chi connectivity index (χ4v) is 2.10. The zero-order valence-electron chi connectivity index (χ0n) is 12.3. The Bertz CT molecular complexity index is 790. The van der Waals surface area contributed by atoms with Gasteiger partial charge in [-0.2, -0.15) is 0 Å².